The highest BCUT2D eigenvalue weighted by molar-refractivity contribution is 9.10. The van der Waals surface area contributed by atoms with Gasteiger partial charge < -0.3 is 5.73 Å². The van der Waals surface area contributed by atoms with Crippen molar-refractivity contribution in [2.45, 2.75) is 19.0 Å². The van der Waals surface area contributed by atoms with Gasteiger partial charge in [-0.2, -0.15) is 5.10 Å². The van der Waals surface area contributed by atoms with Gasteiger partial charge in [0.1, 0.15) is 0 Å². The van der Waals surface area contributed by atoms with Crippen LogP contribution in [0.3, 0.4) is 0 Å². The third-order valence-electron chi connectivity index (χ3n) is 2.56. The Morgan fingerprint density at radius 1 is 1.35 bits per heavy atom. The standard InChI is InChI=1S/C12H13BrClN3/c1-8(15)12(17-7-11(14)6-16-17)9-2-4-10(13)5-3-9/h2-8,12H,15H2,1H3. The molecule has 1 aromatic carbocycles. The van der Waals surface area contributed by atoms with Crippen molar-refractivity contribution in [2.24, 2.45) is 5.73 Å². The van der Waals surface area contributed by atoms with Crippen LogP contribution in [-0.2, 0) is 0 Å². The summed E-state index contributed by atoms with van der Waals surface area (Å²) >= 11 is 9.31. The lowest BCUT2D eigenvalue weighted by Gasteiger charge is -2.21. The predicted octanol–water partition coefficient (Wildman–Crippen LogP) is 3.24. The second kappa shape index (κ2) is 5.21. The van der Waals surface area contributed by atoms with Crippen LogP contribution in [0.15, 0.2) is 41.1 Å². The Morgan fingerprint density at radius 2 is 2.00 bits per heavy atom. The van der Waals surface area contributed by atoms with E-state index in [1.54, 1.807) is 17.1 Å². The van der Waals surface area contributed by atoms with E-state index in [1.807, 2.05) is 31.2 Å². The first-order chi connectivity index (χ1) is 8.08. The zero-order chi connectivity index (χ0) is 12.4. The largest absolute Gasteiger partial charge is 0.326 e. The Labute approximate surface area is 114 Å². The zero-order valence-electron chi connectivity index (χ0n) is 9.35. The van der Waals surface area contributed by atoms with Gasteiger partial charge in [0.25, 0.3) is 0 Å². The van der Waals surface area contributed by atoms with Crippen LogP contribution in [0, 0.1) is 0 Å². The minimum atomic E-state index is -0.0489. The molecule has 0 amide bonds. The molecule has 0 fully saturated rings. The van der Waals surface area contributed by atoms with Crippen molar-refractivity contribution in [1.82, 2.24) is 9.78 Å². The highest BCUT2D eigenvalue weighted by Gasteiger charge is 2.19. The van der Waals surface area contributed by atoms with Crippen molar-refractivity contribution in [2.75, 3.05) is 0 Å². The van der Waals surface area contributed by atoms with Gasteiger partial charge in [-0.05, 0) is 24.6 Å². The SMILES string of the molecule is CC(N)C(c1ccc(Br)cc1)n1cc(Cl)cn1. The fraction of sp³-hybridized carbons (Fsp3) is 0.250. The van der Waals surface area contributed by atoms with E-state index >= 15 is 0 Å². The molecule has 90 valence electrons. The highest BCUT2D eigenvalue weighted by atomic mass is 79.9. The molecule has 2 aromatic rings. The molecule has 2 atom stereocenters. The fourth-order valence-corrected chi connectivity index (χ4v) is 2.23. The van der Waals surface area contributed by atoms with Gasteiger partial charge in [0.05, 0.1) is 17.3 Å². The van der Waals surface area contributed by atoms with Crippen LogP contribution < -0.4 is 5.73 Å². The van der Waals surface area contributed by atoms with E-state index in [1.165, 1.54) is 0 Å². The Morgan fingerprint density at radius 3 is 2.47 bits per heavy atom. The number of nitrogens with zero attached hydrogens (tertiary/aromatic N) is 2. The average Bonchev–Trinajstić information content (AvgIpc) is 2.68. The van der Waals surface area contributed by atoms with Crippen LogP contribution >= 0.6 is 27.5 Å². The average molecular weight is 315 g/mol. The molecule has 3 nitrogen and oxygen atoms in total. The van der Waals surface area contributed by atoms with Crippen molar-refractivity contribution in [1.29, 1.82) is 0 Å². The summed E-state index contributed by atoms with van der Waals surface area (Å²) in [7, 11) is 0. The zero-order valence-corrected chi connectivity index (χ0v) is 11.7. The lowest BCUT2D eigenvalue weighted by Crippen LogP contribution is -2.30. The van der Waals surface area contributed by atoms with Crippen LogP contribution in [0.25, 0.3) is 0 Å². The molecular weight excluding hydrogens is 302 g/mol. The second-order valence-corrected chi connectivity index (χ2v) is 5.35. The predicted molar refractivity (Wildman–Crippen MR) is 73.2 cm³/mol. The van der Waals surface area contributed by atoms with Crippen LogP contribution in [0.4, 0.5) is 0 Å². The van der Waals surface area contributed by atoms with Crippen molar-refractivity contribution in [3.63, 3.8) is 0 Å². The monoisotopic (exact) mass is 313 g/mol. The van der Waals surface area contributed by atoms with Gasteiger partial charge >= 0.3 is 0 Å². The van der Waals surface area contributed by atoms with E-state index < -0.39 is 0 Å². The third-order valence-corrected chi connectivity index (χ3v) is 3.29. The first kappa shape index (κ1) is 12.6. The van der Waals surface area contributed by atoms with Crippen LogP contribution in [0.2, 0.25) is 5.02 Å². The van der Waals surface area contributed by atoms with Crippen molar-refractivity contribution < 1.29 is 0 Å². The van der Waals surface area contributed by atoms with Gasteiger partial charge in [0.2, 0.25) is 0 Å². The number of halogens is 2. The van der Waals surface area contributed by atoms with Gasteiger partial charge in [-0.3, -0.25) is 4.68 Å². The molecule has 5 heteroatoms. The summed E-state index contributed by atoms with van der Waals surface area (Å²) in [4.78, 5) is 0. The molecule has 0 saturated carbocycles. The quantitative estimate of drug-likeness (QED) is 0.945. The summed E-state index contributed by atoms with van der Waals surface area (Å²) in [5, 5.41) is 4.85. The molecule has 0 aliphatic heterocycles. The van der Waals surface area contributed by atoms with Crippen molar-refractivity contribution in [3.05, 3.63) is 51.7 Å². The van der Waals surface area contributed by atoms with Crippen LogP contribution in [0.5, 0.6) is 0 Å². The fourth-order valence-electron chi connectivity index (χ4n) is 1.82. The molecule has 0 spiro atoms. The molecule has 2 unspecified atom stereocenters. The van der Waals surface area contributed by atoms with Gasteiger partial charge in [-0.25, -0.2) is 0 Å². The normalized spacial score (nSPS) is 14.6. The number of benzene rings is 1. The van der Waals surface area contributed by atoms with E-state index in [-0.39, 0.29) is 12.1 Å². The van der Waals surface area contributed by atoms with E-state index in [2.05, 4.69) is 21.0 Å². The van der Waals surface area contributed by atoms with E-state index in [9.17, 15) is 0 Å². The maximum atomic E-state index is 6.03. The van der Waals surface area contributed by atoms with Crippen molar-refractivity contribution >= 4 is 27.5 Å². The third kappa shape index (κ3) is 2.89. The van der Waals surface area contributed by atoms with Gasteiger partial charge in [-0.1, -0.05) is 39.7 Å². The summed E-state index contributed by atoms with van der Waals surface area (Å²) in [5.74, 6) is 0. The van der Waals surface area contributed by atoms with Crippen LogP contribution in [-0.4, -0.2) is 15.8 Å². The topological polar surface area (TPSA) is 43.8 Å². The molecule has 2 rings (SSSR count). The molecular formula is C12H13BrClN3. The Hall–Kier alpha value is -0.840. The summed E-state index contributed by atoms with van der Waals surface area (Å²) in [6.45, 7) is 1.96. The highest BCUT2D eigenvalue weighted by Crippen LogP contribution is 2.23. The Balaban J connectivity index is 2.39. The first-order valence-electron chi connectivity index (χ1n) is 5.28. The maximum Gasteiger partial charge on any atom is 0.0917 e. The lowest BCUT2D eigenvalue weighted by molar-refractivity contribution is 0.454. The Bertz CT molecular complexity index is 493. The first-order valence-corrected chi connectivity index (χ1v) is 6.45. The molecule has 17 heavy (non-hydrogen) atoms. The van der Waals surface area contributed by atoms with Gasteiger partial charge in [0, 0.05) is 16.7 Å². The summed E-state index contributed by atoms with van der Waals surface area (Å²) in [6, 6.07) is 8.01. The molecule has 0 bridgehead atoms. The molecule has 0 aliphatic rings. The van der Waals surface area contributed by atoms with Gasteiger partial charge in [-0.15, -0.1) is 0 Å². The summed E-state index contributed by atoms with van der Waals surface area (Å²) < 4.78 is 2.85. The number of nitrogens with two attached hydrogens (primary N) is 1. The number of aromatic nitrogens is 2. The minimum absolute atomic E-state index is 0.00407. The molecule has 0 aliphatic carbocycles. The lowest BCUT2D eigenvalue weighted by atomic mass is 10.0. The summed E-state index contributed by atoms with van der Waals surface area (Å²) in [5.41, 5.74) is 7.15. The summed E-state index contributed by atoms with van der Waals surface area (Å²) in [6.07, 6.45) is 3.41. The number of rotatable bonds is 3. The smallest absolute Gasteiger partial charge is 0.0917 e. The van der Waals surface area contributed by atoms with E-state index in [4.69, 9.17) is 17.3 Å². The molecule has 0 saturated heterocycles. The Kier molecular flexibility index (Phi) is 3.86. The van der Waals surface area contributed by atoms with Crippen LogP contribution in [0.1, 0.15) is 18.5 Å². The second-order valence-electron chi connectivity index (χ2n) is 3.99. The van der Waals surface area contributed by atoms with E-state index in [0.29, 0.717) is 5.02 Å². The number of hydrogen-bond donors (Lipinski definition) is 1. The van der Waals surface area contributed by atoms with Crippen molar-refractivity contribution in [3.8, 4) is 0 Å². The van der Waals surface area contributed by atoms with E-state index in [0.717, 1.165) is 10.0 Å². The molecule has 0 radical (unpaired) electrons. The minimum Gasteiger partial charge on any atom is -0.326 e. The molecule has 1 heterocycles. The molecule has 2 N–H and O–H groups in total. The number of hydrogen-bond acceptors (Lipinski definition) is 2. The maximum absolute atomic E-state index is 6.03. The molecule has 1 aromatic heterocycles. The van der Waals surface area contributed by atoms with Gasteiger partial charge in [0.15, 0.2) is 0 Å².